The number of carbonyl (C=O) groups is 3. The van der Waals surface area contributed by atoms with Gasteiger partial charge < -0.3 is 9.73 Å². The van der Waals surface area contributed by atoms with Gasteiger partial charge in [-0.25, -0.2) is 0 Å². The Morgan fingerprint density at radius 1 is 1.12 bits per heavy atom. The van der Waals surface area contributed by atoms with E-state index in [2.05, 4.69) is 11.4 Å². The van der Waals surface area contributed by atoms with Crippen LogP contribution < -0.4 is 5.32 Å². The average molecular weight is 458 g/mol. The van der Waals surface area contributed by atoms with Crippen molar-refractivity contribution in [3.8, 4) is 17.4 Å². The topological polar surface area (TPSA) is 103 Å². The van der Waals surface area contributed by atoms with Crippen LogP contribution in [0.25, 0.3) is 17.4 Å². The van der Waals surface area contributed by atoms with Gasteiger partial charge in [0.2, 0.25) is 5.91 Å². The lowest BCUT2D eigenvalue weighted by molar-refractivity contribution is -0.127. The summed E-state index contributed by atoms with van der Waals surface area (Å²) in [5.74, 6) is -0.0267. The van der Waals surface area contributed by atoms with E-state index in [1.807, 2.05) is 26.0 Å². The molecule has 1 saturated heterocycles. The molecule has 164 valence electrons. The molecule has 1 aliphatic heterocycles. The van der Waals surface area contributed by atoms with Gasteiger partial charge in [-0.3, -0.25) is 19.3 Å². The van der Waals surface area contributed by atoms with Crippen LogP contribution in [0.5, 0.6) is 0 Å². The molecule has 1 aliphatic rings. The number of furan rings is 1. The van der Waals surface area contributed by atoms with Crippen LogP contribution in [-0.2, 0) is 9.59 Å². The lowest BCUT2D eigenvalue weighted by atomic mass is 10.1. The molecule has 7 nitrogen and oxygen atoms in total. The smallest absolute Gasteiger partial charge is 0.294 e. The standard InChI is InChI=1S/C25H19N3O4S/c1-15-3-9-20(16(2)11-15)27-23(29)14-28-24(30)22(33-25(28)31)12-19-8-10-21(32-19)18-6-4-17(13-26)5-7-18/h3-12H,14H2,1-2H3,(H,27,29). The fraction of sp³-hybridized carbons (Fsp3) is 0.120. The molecule has 0 aliphatic carbocycles. The Morgan fingerprint density at radius 3 is 2.58 bits per heavy atom. The second kappa shape index (κ2) is 9.18. The third-order valence-electron chi connectivity index (χ3n) is 5.03. The van der Waals surface area contributed by atoms with E-state index in [1.54, 1.807) is 42.5 Å². The highest BCUT2D eigenvalue weighted by molar-refractivity contribution is 8.18. The van der Waals surface area contributed by atoms with Crippen molar-refractivity contribution in [2.45, 2.75) is 13.8 Å². The van der Waals surface area contributed by atoms with Gasteiger partial charge in [0.15, 0.2) is 0 Å². The number of benzene rings is 2. The predicted octanol–water partition coefficient (Wildman–Crippen LogP) is 5.11. The highest BCUT2D eigenvalue weighted by Crippen LogP contribution is 2.33. The number of carbonyl (C=O) groups excluding carboxylic acids is 3. The number of imide groups is 1. The van der Waals surface area contributed by atoms with Gasteiger partial charge in [0.25, 0.3) is 11.1 Å². The SMILES string of the molecule is Cc1ccc(NC(=O)CN2C(=O)SC(=Cc3ccc(-c4ccc(C#N)cc4)o3)C2=O)c(C)c1. The molecule has 3 aromatic rings. The van der Waals surface area contributed by atoms with E-state index in [4.69, 9.17) is 9.68 Å². The normalized spacial score (nSPS) is 14.6. The maximum Gasteiger partial charge on any atom is 0.294 e. The number of nitrogens with one attached hydrogen (secondary N) is 1. The second-order valence-electron chi connectivity index (χ2n) is 7.53. The van der Waals surface area contributed by atoms with Gasteiger partial charge in [-0.1, -0.05) is 17.7 Å². The first kappa shape index (κ1) is 22.1. The van der Waals surface area contributed by atoms with E-state index in [0.717, 1.165) is 33.4 Å². The number of amides is 3. The molecule has 0 atom stereocenters. The summed E-state index contributed by atoms with van der Waals surface area (Å²) in [7, 11) is 0. The second-order valence-corrected chi connectivity index (χ2v) is 8.52. The van der Waals surface area contributed by atoms with E-state index in [-0.39, 0.29) is 11.4 Å². The maximum absolute atomic E-state index is 12.7. The van der Waals surface area contributed by atoms with Gasteiger partial charge in [-0.2, -0.15) is 5.26 Å². The molecule has 8 heteroatoms. The highest BCUT2D eigenvalue weighted by atomic mass is 32.2. The minimum absolute atomic E-state index is 0.181. The van der Waals surface area contributed by atoms with E-state index in [1.165, 1.54) is 6.08 Å². The quantitative estimate of drug-likeness (QED) is 0.534. The molecule has 0 unspecified atom stereocenters. The highest BCUT2D eigenvalue weighted by Gasteiger charge is 2.36. The minimum atomic E-state index is -0.544. The number of nitriles is 1. The zero-order valence-corrected chi connectivity index (χ0v) is 18.7. The molecule has 2 aromatic carbocycles. The van der Waals surface area contributed by atoms with Gasteiger partial charge in [0, 0.05) is 17.3 Å². The van der Waals surface area contributed by atoms with Crippen LogP contribution in [0.15, 0.2) is 63.9 Å². The molecular formula is C25H19N3O4S. The molecule has 0 spiro atoms. The Balaban J connectivity index is 1.45. The molecule has 0 radical (unpaired) electrons. The third-order valence-corrected chi connectivity index (χ3v) is 5.94. The Morgan fingerprint density at radius 2 is 1.88 bits per heavy atom. The van der Waals surface area contributed by atoms with Crippen molar-refractivity contribution in [3.63, 3.8) is 0 Å². The van der Waals surface area contributed by atoms with Crippen LogP contribution in [0.1, 0.15) is 22.5 Å². The number of rotatable bonds is 5. The number of thioether (sulfide) groups is 1. The van der Waals surface area contributed by atoms with Gasteiger partial charge in [0.1, 0.15) is 18.1 Å². The summed E-state index contributed by atoms with van der Waals surface area (Å²) in [6, 6.07) is 18.0. The molecule has 1 N–H and O–H groups in total. The number of hydrogen-bond donors (Lipinski definition) is 1. The van der Waals surface area contributed by atoms with Crippen molar-refractivity contribution in [1.29, 1.82) is 5.26 Å². The Labute approximate surface area is 194 Å². The number of aryl methyl sites for hydroxylation is 2. The lowest BCUT2D eigenvalue weighted by Gasteiger charge is -2.13. The summed E-state index contributed by atoms with van der Waals surface area (Å²) < 4.78 is 5.77. The van der Waals surface area contributed by atoms with E-state index < -0.39 is 17.1 Å². The molecule has 33 heavy (non-hydrogen) atoms. The number of nitrogens with zero attached hydrogens (tertiary/aromatic N) is 2. The summed E-state index contributed by atoms with van der Waals surface area (Å²) in [4.78, 5) is 38.6. The fourth-order valence-electron chi connectivity index (χ4n) is 3.35. The fourth-order valence-corrected chi connectivity index (χ4v) is 4.17. The van der Waals surface area contributed by atoms with Crippen molar-refractivity contribution >= 4 is 40.6 Å². The van der Waals surface area contributed by atoms with Crippen molar-refractivity contribution in [3.05, 3.63) is 82.0 Å². The summed E-state index contributed by atoms with van der Waals surface area (Å²) in [5, 5.41) is 11.1. The van der Waals surface area contributed by atoms with Crippen molar-refractivity contribution in [2.75, 3.05) is 11.9 Å². The Kier molecular flexibility index (Phi) is 6.16. The maximum atomic E-state index is 12.7. The first-order valence-corrected chi connectivity index (χ1v) is 10.9. The molecule has 1 fully saturated rings. The number of hydrogen-bond acceptors (Lipinski definition) is 6. The van der Waals surface area contributed by atoms with Crippen molar-refractivity contribution < 1.29 is 18.8 Å². The van der Waals surface area contributed by atoms with Crippen LogP contribution in [0.2, 0.25) is 0 Å². The minimum Gasteiger partial charge on any atom is -0.457 e. The summed E-state index contributed by atoms with van der Waals surface area (Å²) in [5.41, 5.74) is 3.93. The molecular weight excluding hydrogens is 438 g/mol. The van der Waals surface area contributed by atoms with Crippen LogP contribution >= 0.6 is 11.8 Å². The zero-order chi connectivity index (χ0) is 23.5. The number of anilines is 1. The lowest BCUT2D eigenvalue weighted by Crippen LogP contribution is -2.36. The van der Waals surface area contributed by atoms with Crippen molar-refractivity contribution in [2.24, 2.45) is 0 Å². The zero-order valence-electron chi connectivity index (χ0n) is 17.9. The summed E-state index contributed by atoms with van der Waals surface area (Å²) in [6.45, 7) is 3.46. The predicted molar refractivity (Wildman–Crippen MR) is 126 cm³/mol. The van der Waals surface area contributed by atoms with Crippen LogP contribution in [0, 0.1) is 25.2 Å². The molecule has 0 saturated carbocycles. The van der Waals surface area contributed by atoms with Crippen molar-refractivity contribution in [1.82, 2.24) is 4.90 Å². The Bertz CT molecular complexity index is 1330. The van der Waals surface area contributed by atoms with Crippen LogP contribution in [-0.4, -0.2) is 28.5 Å². The van der Waals surface area contributed by atoms with E-state index in [0.29, 0.717) is 22.8 Å². The Hall–Kier alpha value is -4.09. The summed E-state index contributed by atoms with van der Waals surface area (Å²) >= 11 is 0.763. The van der Waals surface area contributed by atoms with Gasteiger partial charge in [-0.15, -0.1) is 0 Å². The third kappa shape index (κ3) is 4.89. The first-order valence-electron chi connectivity index (χ1n) is 10.1. The largest absolute Gasteiger partial charge is 0.457 e. The summed E-state index contributed by atoms with van der Waals surface area (Å²) in [6.07, 6.45) is 1.49. The van der Waals surface area contributed by atoms with Crippen LogP contribution in [0.4, 0.5) is 10.5 Å². The van der Waals surface area contributed by atoms with Gasteiger partial charge in [-0.05, 0) is 73.6 Å². The first-order chi connectivity index (χ1) is 15.8. The molecule has 3 amide bonds. The molecule has 2 heterocycles. The molecule has 0 bridgehead atoms. The van der Waals surface area contributed by atoms with Gasteiger partial charge in [0.05, 0.1) is 16.5 Å². The van der Waals surface area contributed by atoms with Gasteiger partial charge >= 0.3 is 0 Å². The monoisotopic (exact) mass is 457 g/mol. The van der Waals surface area contributed by atoms with E-state index in [9.17, 15) is 14.4 Å². The molecule has 1 aromatic heterocycles. The van der Waals surface area contributed by atoms with Crippen LogP contribution in [0.3, 0.4) is 0 Å². The van der Waals surface area contributed by atoms with E-state index >= 15 is 0 Å². The average Bonchev–Trinajstić information content (AvgIpc) is 3.36. The molecule has 4 rings (SSSR count).